The van der Waals surface area contributed by atoms with Gasteiger partial charge in [0.05, 0.1) is 55.2 Å². The summed E-state index contributed by atoms with van der Waals surface area (Å²) in [5.41, 5.74) is -2.03. The van der Waals surface area contributed by atoms with E-state index < -0.39 is 65.5 Å². The summed E-state index contributed by atoms with van der Waals surface area (Å²) in [6, 6.07) is 15.7. The Hall–Kier alpha value is -6.28. The Morgan fingerprint density at radius 2 is 0.878 bits per heavy atom. The van der Waals surface area contributed by atoms with E-state index in [4.69, 9.17) is 4.74 Å². The number of aromatic carboxylic acids is 2. The fraction of sp³-hybridized carbons (Fsp3) is 0.143. The predicted octanol–water partition coefficient (Wildman–Crippen LogP) is 1.75. The largest absolute Gasteiger partial charge is 2.00 e. The van der Waals surface area contributed by atoms with Crippen LogP contribution in [0.25, 0.3) is 11.4 Å². The number of nitro benzene ring substituents is 4. The zero-order valence-electron chi connectivity index (χ0n) is 24.8. The monoisotopic (exact) mass is 732 g/mol. The number of aromatic nitrogens is 2. The van der Waals surface area contributed by atoms with Gasteiger partial charge in [-0.3, -0.25) is 50.4 Å². The third kappa shape index (κ3) is 14.8. The van der Waals surface area contributed by atoms with Gasteiger partial charge >= 0.3 is 17.1 Å². The van der Waals surface area contributed by atoms with E-state index in [1.165, 1.54) is 12.8 Å². The molecule has 0 unspecified atom stereocenters. The van der Waals surface area contributed by atoms with Crippen molar-refractivity contribution in [1.29, 1.82) is 0 Å². The maximum Gasteiger partial charge on any atom is 2.00 e. The van der Waals surface area contributed by atoms with Crippen molar-refractivity contribution < 1.29 is 66.8 Å². The van der Waals surface area contributed by atoms with Gasteiger partial charge in [0.1, 0.15) is 0 Å². The molecule has 0 spiro atoms. The van der Waals surface area contributed by atoms with Crippen molar-refractivity contribution in [1.82, 2.24) is 9.97 Å². The summed E-state index contributed by atoms with van der Waals surface area (Å²) < 4.78 is 4.94. The number of rotatable bonds is 7. The van der Waals surface area contributed by atoms with Gasteiger partial charge in [-0.2, -0.15) is 0 Å². The molecule has 1 saturated heterocycles. The number of pyridine rings is 2. The first kappa shape index (κ1) is 42.7. The van der Waals surface area contributed by atoms with E-state index in [2.05, 4.69) is 9.97 Å². The second-order valence-electron chi connectivity index (χ2n) is 8.83. The average molecular weight is 733 g/mol. The van der Waals surface area contributed by atoms with Crippen molar-refractivity contribution in [3.8, 4) is 11.4 Å². The molecule has 0 atom stereocenters. The molecule has 21 heteroatoms. The van der Waals surface area contributed by atoms with Crippen LogP contribution in [0.1, 0.15) is 33.6 Å². The van der Waals surface area contributed by atoms with Gasteiger partial charge in [-0.1, -0.05) is 12.1 Å². The van der Waals surface area contributed by atoms with Gasteiger partial charge in [-0.15, -0.1) is 0 Å². The van der Waals surface area contributed by atoms with Crippen LogP contribution in [0, 0.1) is 40.5 Å². The molecule has 0 saturated carbocycles. The molecule has 2 aromatic carbocycles. The number of carboxylic acids is 2. The van der Waals surface area contributed by atoms with Crippen molar-refractivity contribution in [2.75, 3.05) is 13.2 Å². The molecule has 49 heavy (non-hydrogen) atoms. The second kappa shape index (κ2) is 21.5. The van der Waals surface area contributed by atoms with Crippen molar-refractivity contribution in [3.05, 3.63) is 137 Å². The molecule has 3 heterocycles. The number of benzene rings is 2. The van der Waals surface area contributed by atoms with Crippen LogP contribution in [0.2, 0.25) is 0 Å². The van der Waals surface area contributed by atoms with Crippen molar-refractivity contribution in [3.63, 3.8) is 0 Å². The maximum atomic E-state index is 10.4. The molecule has 1 aliphatic heterocycles. The quantitative estimate of drug-likeness (QED) is 0.113. The van der Waals surface area contributed by atoms with Crippen LogP contribution >= 0.6 is 0 Å². The van der Waals surface area contributed by atoms with Gasteiger partial charge in [0.25, 0.3) is 22.7 Å². The van der Waals surface area contributed by atoms with Gasteiger partial charge in [0.2, 0.25) is 0 Å². The number of carbonyl (C=O) groups excluding carboxylic acids is 2. The number of nitro groups is 4. The molecule has 0 amide bonds. The Morgan fingerprint density at radius 1 is 0.571 bits per heavy atom. The van der Waals surface area contributed by atoms with Crippen LogP contribution in [-0.4, -0.2) is 54.8 Å². The van der Waals surface area contributed by atoms with E-state index in [0.717, 1.165) is 24.6 Å². The summed E-state index contributed by atoms with van der Waals surface area (Å²) >= 11 is 0. The van der Waals surface area contributed by atoms with Crippen LogP contribution < -0.4 is 10.2 Å². The molecule has 4 aromatic rings. The van der Waals surface area contributed by atoms with E-state index in [0.29, 0.717) is 36.4 Å². The van der Waals surface area contributed by atoms with E-state index >= 15 is 0 Å². The number of carboxylic acid groups (broad SMARTS) is 2. The van der Waals surface area contributed by atoms with Gasteiger partial charge in [0.15, 0.2) is 0 Å². The Kier molecular flexibility index (Phi) is 18.7. The zero-order valence-corrected chi connectivity index (χ0v) is 25.7. The summed E-state index contributed by atoms with van der Waals surface area (Å²) in [4.78, 5) is 66.8. The minimum atomic E-state index is -1.71. The van der Waals surface area contributed by atoms with Crippen LogP contribution in [-0.2, 0) is 27.3 Å². The standard InChI is InChI=1S/C10H8N2.2C7H4N2O6.C4H8O.Cu.H2O/c1-3-7-11-9(5-1)10-6-2-4-8-12-10;2*10-7(11)4-1-5(8(12)13)3-6(2-4)9(14)15;1-2-4-5-3-1;;/h1-8H;2*1-3H,(H,10,11);1-4H2;;1H2/q;;;;+2;/p-1. The molecule has 1 aliphatic rings. The summed E-state index contributed by atoms with van der Waals surface area (Å²) in [6.07, 6.45) is 6.09. The number of ether oxygens (including phenoxy) is 1. The van der Waals surface area contributed by atoms with Gasteiger partial charge in [-0.05, 0) is 37.1 Å². The van der Waals surface area contributed by atoms with Gasteiger partial charge < -0.3 is 30.0 Å². The third-order valence-corrected chi connectivity index (χ3v) is 5.54. The SMILES string of the molecule is C1CCOC1.O=C([O-])c1cc([N+](=O)[O-])cc([N+](=O)[O-])c1.O=C([O-])c1cc([N+](=O)[O-])cc([N+](=O)[O-])c1.[Cu+2].[OH3+].c1ccc(-c2ccccn2)nc1. The fourth-order valence-electron chi connectivity index (χ4n) is 3.39. The smallest absolute Gasteiger partial charge is 0.545 e. The molecule has 0 aliphatic carbocycles. The number of hydrogen-bond acceptors (Lipinski definition) is 15. The zero-order chi connectivity index (χ0) is 34.9. The molecular formula is C28H25CuN6O14+. The first-order valence-electron chi connectivity index (χ1n) is 13.0. The Labute approximate surface area is 285 Å². The minimum absolute atomic E-state index is 0. The molecule has 3 N–H and O–H groups in total. The topological polar surface area (TPSA) is 321 Å². The van der Waals surface area contributed by atoms with Crippen molar-refractivity contribution in [2.45, 2.75) is 12.8 Å². The number of nitrogens with zero attached hydrogens (tertiary/aromatic N) is 6. The van der Waals surface area contributed by atoms with Crippen LogP contribution in [0.3, 0.4) is 0 Å². The molecule has 5 rings (SSSR count). The third-order valence-electron chi connectivity index (χ3n) is 5.54. The van der Waals surface area contributed by atoms with Gasteiger partial charge in [-0.25, -0.2) is 0 Å². The normalized spacial score (nSPS) is 10.7. The second-order valence-corrected chi connectivity index (χ2v) is 8.83. The van der Waals surface area contributed by atoms with E-state index in [1.54, 1.807) is 12.4 Å². The minimum Gasteiger partial charge on any atom is -0.545 e. The predicted molar refractivity (Wildman–Crippen MR) is 161 cm³/mol. The van der Waals surface area contributed by atoms with Crippen LogP contribution in [0.5, 0.6) is 0 Å². The van der Waals surface area contributed by atoms with Crippen LogP contribution in [0.4, 0.5) is 22.7 Å². The summed E-state index contributed by atoms with van der Waals surface area (Å²) in [6.45, 7) is 2.00. The van der Waals surface area contributed by atoms with Crippen molar-refractivity contribution in [2.24, 2.45) is 0 Å². The molecule has 0 bridgehead atoms. The van der Waals surface area contributed by atoms with E-state index in [1.807, 2.05) is 36.4 Å². The number of carbonyl (C=O) groups is 2. The van der Waals surface area contributed by atoms with Crippen molar-refractivity contribution >= 4 is 34.7 Å². The maximum absolute atomic E-state index is 10.4. The first-order chi connectivity index (χ1) is 22.3. The summed E-state index contributed by atoms with van der Waals surface area (Å²) in [7, 11) is 0. The Balaban J connectivity index is 0.000000647. The number of hydrogen-bond donors (Lipinski definition) is 0. The fourth-order valence-corrected chi connectivity index (χ4v) is 3.39. The molecule has 1 fully saturated rings. The number of non-ortho nitro benzene ring substituents is 4. The molecule has 261 valence electrons. The summed E-state index contributed by atoms with van der Waals surface area (Å²) in [5.74, 6) is -3.41. The Bertz CT molecular complexity index is 1450. The Morgan fingerprint density at radius 3 is 1.06 bits per heavy atom. The van der Waals surface area contributed by atoms with E-state index in [-0.39, 0.29) is 22.5 Å². The molecular weight excluding hydrogens is 708 g/mol. The van der Waals surface area contributed by atoms with Crippen LogP contribution in [0.15, 0.2) is 85.2 Å². The molecule has 2 aromatic heterocycles. The van der Waals surface area contributed by atoms with E-state index in [9.17, 15) is 60.3 Å². The average Bonchev–Trinajstić information content (AvgIpc) is 3.66. The summed E-state index contributed by atoms with van der Waals surface area (Å²) in [5, 5.41) is 62.1. The van der Waals surface area contributed by atoms with Gasteiger partial charge in [0, 0.05) is 61.0 Å². The first-order valence-corrected chi connectivity index (χ1v) is 13.0. The molecule has 20 nitrogen and oxygen atoms in total. The molecule has 1 radical (unpaired) electrons.